The van der Waals surface area contributed by atoms with E-state index >= 15 is 0 Å². The third-order valence-electron chi connectivity index (χ3n) is 3.41. The van der Waals surface area contributed by atoms with Gasteiger partial charge in [0.15, 0.2) is 5.96 Å². The molecule has 0 aliphatic heterocycles. The van der Waals surface area contributed by atoms with Gasteiger partial charge in [-0.25, -0.2) is 4.98 Å². The first kappa shape index (κ1) is 20.0. The van der Waals surface area contributed by atoms with Crippen LogP contribution in [0.3, 0.4) is 0 Å². The predicted molar refractivity (Wildman–Crippen MR) is 107 cm³/mol. The van der Waals surface area contributed by atoms with Gasteiger partial charge in [0.2, 0.25) is 0 Å². The lowest BCUT2D eigenvalue weighted by molar-refractivity contribution is 0.441. The Balaban J connectivity index is 0.00000264. The highest BCUT2D eigenvalue weighted by atomic mass is 127. The van der Waals surface area contributed by atoms with Crippen molar-refractivity contribution in [3.05, 3.63) is 39.2 Å². The molecule has 1 atom stereocenters. The molecule has 0 amide bonds. The van der Waals surface area contributed by atoms with Gasteiger partial charge in [0.25, 0.3) is 0 Å². The average Bonchev–Trinajstić information content (AvgIpc) is 3.03. The van der Waals surface area contributed by atoms with Crippen LogP contribution < -0.4 is 10.6 Å². The third-order valence-corrected chi connectivity index (χ3v) is 4.54. The minimum absolute atomic E-state index is 0. The summed E-state index contributed by atoms with van der Waals surface area (Å²) in [5, 5.41) is 7.80. The van der Waals surface area contributed by atoms with Crippen molar-refractivity contribution in [1.29, 1.82) is 0 Å². The number of aryl methyl sites for hydroxylation is 3. The van der Waals surface area contributed by atoms with Crippen LogP contribution in [0.15, 0.2) is 21.5 Å². The number of hydrogen-bond donors (Lipinski definition) is 2. The van der Waals surface area contributed by atoms with Crippen LogP contribution in [-0.2, 0) is 6.42 Å². The molecule has 2 rings (SSSR count). The molecular weight excluding hydrogens is 423 g/mol. The second kappa shape index (κ2) is 9.27. The Morgan fingerprint density at radius 3 is 2.61 bits per heavy atom. The van der Waals surface area contributed by atoms with E-state index in [0.29, 0.717) is 0 Å². The van der Waals surface area contributed by atoms with Crippen molar-refractivity contribution >= 4 is 41.3 Å². The van der Waals surface area contributed by atoms with Gasteiger partial charge in [0, 0.05) is 24.9 Å². The normalized spacial score (nSPS) is 12.7. The monoisotopic (exact) mass is 448 g/mol. The lowest BCUT2D eigenvalue weighted by Gasteiger charge is -2.16. The Morgan fingerprint density at radius 2 is 2.09 bits per heavy atom. The first-order chi connectivity index (χ1) is 10.5. The summed E-state index contributed by atoms with van der Waals surface area (Å²) in [7, 11) is 1.78. The summed E-state index contributed by atoms with van der Waals surface area (Å²) >= 11 is 1.76. The second-order valence-electron chi connectivity index (χ2n) is 5.30. The minimum Gasteiger partial charge on any atom is -0.464 e. The molecule has 2 aromatic rings. The van der Waals surface area contributed by atoms with E-state index in [2.05, 4.69) is 34.5 Å². The zero-order chi connectivity index (χ0) is 16.1. The van der Waals surface area contributed by atoms with E-state index in [9.17, 15) is 0 Å². The van der Waals surface area contributed by atoms with E-state index in [1.54, 1.807) is 18.4 Å². The van der Waals surface area contributed by atoms with E-state index in [1.807, 2.05) is 26.0 Å². The zero-order valence-electron chi connectivity index (χ0n) is 14.3. The molecular formula is C16H25IN4OS. The maximum absolute atomic E-state index is 5.63. The first-order valence-electron chi connectivity index (χ1n) is 7.46. The highest BCUT2D eigenvalue weighted by Gasteiger charge is 2.11. The number of nitrogens with zero attached hydrogens (tertiary/aromatic N) is 2. The highest BCUT2D eigenvalue weighted by Crippen LogP contribution is 2.17. The third kappa shape index (κ3) is 5.80. The average molecular weight is 448 g/mol. The van der Waals surface area contributed by atoms with E-state index < -0.39 is 0 Å². The molecule has 7 heteroatoms. The van der Waals surface area contributed by atoms with Crippen molar-refractivity contribution < 1.29 is 4.42 Å². The number of furan rings is 1. The molecule has 23 heavy (non-hydrogen) atoms. The Bertz CT molecular complexity index is 650. The standard InChI is InChI=1S/C16H24N4OS.HI/c1-10-6-7-14(21-10)11(2)20-16(17-5)18-9-8-15-12(3)19-13(4)22-15;/h6-7,11H,8-9H2,1-5H3,(H2,17,18,20);1H. The van der Waals surface area contributed by atoms with Crippen LogP contribution >= 0.6 is 35.3 Å². The number of nitrogens with one attached hydrogen (secondary N) is 2. The number of aliphatic imine (C=N–C) groups is 1. The number of rotatable bonds is 5. The highest BCUT2D eigenvalue weighted by molar-refractivity contribution is 14.0. The summed E-state index contributed by atoms with van der Waals surface area (Å²) < 4.78 is 5.63. The van der Waals surface area contributed by atoms with Gasteiger partial charge in [0.1, 0.15) is 11.5 Å². The van der Waals surface area contributed by atoms with Crippen molar-refractivity contribution in [2.75, 3.05) is 13.6 Å². The minimum atomic E-state index is 0. The lowest BCUT2D eigenvalue weighted by atomic mass is 10.2. The lowest BCUT2D eigenvalue weighted by Crippen LogP contribution is -2.39. The summed E-state index contributed by atoms with van der Waals surface area (Å²) in [6, 6.07) is 4.04. The van der Waals surface area contributed by atoms with E-state index in [4.69, 9.17) is 4.42 Å². The molecule has 2 N–H and O–H groups in total. The van der Waals surface area contributed by atoms with Crippen molar-refractivity contribution in [2.24, 2.45) is 4.99 Å². The zero-order valence-corrected chi connectivity index (χ0v) is 17.4. The fourth-order valence-electron chi connectivity index (χ4n) is 2.26. The van der Waals surface area contributed by atoms with Crippen molar-refractivity contribution in [3.63, 3.8) is 0 Å². The van der Waals surface area contributed by atoms with Crippen LogP contribution in [0.2, 0.25) is 0 Å². The predicted octanol–water partition coefficient (Wildman–Crippen LogP) is 3.75. The molecule has 0 bridgehead atoms. The van der Waals surface area contributed by atoms with Gasteiger partial charge in [-0.05, 0) is 39.8 Å². The second-order valence-corrected chi connectivity index (χ2v) is 6.59. The van der Waals surface area contributed by atoms with Gasteiger partial charge in [-0.15, -0.1) is 35.3 Å². The van der Waals surface area contributed by atoms with E-state index in [1.165, 1.54) is 4.88 Å². The van der Waals surface area contributed by atoms with Gasteiger partial charge in [-0.2, -0.15) is 0 Å². The fourth-order valence-corrected chi connectivity index (χ4v) is 3.19. The van der Waals surface area contributed by atoms with Gasteiger partial charge in [-0.3, -0.25) is 4.99 Å². The van der Waals surface area contributed by atoms with Gasteiger partial charge >= 0.3 is 0 Å². The largest absolute Gasteiger partial charge is 0.464 e. The maximum atomic E-state index is 5.63. The molecule has 0 saturated carbocycles. The molecule has 0 saturated heterocycles. The van der Waals surface area contributed by atoms with E-state index in [0.717, 1.165) is 41.1 Å². The molecule has 0 radical (unpaired) electrons. The Hall–Kier alpha value is -1.09. The van der Waals surface area contributed by atoms with Crippen LogP contribution in [-0.4, -0.2) is 24.5 Å². The molecule has 5 nitrogen and oxygen atoms in total. The maximum Gasteiger partial charge on any atom is 0.191 e. The molecule has 128 valence electrons. The Labute approximate surface area is 159 Å². The molecule has 2 heterocycles. The van der Waals surface area contributed by atoms with Gasteiger partial charge in [-0.1, -0.05) is 0 Å². The molecule has 2 aromatic heterocycles. The number of thiazole rings is 1. The first-order valence-corrected chi connectivity index (χ1v) is 8.27. The van der Waals surface area contributed by atoms with Gasteiger partial charge in [0.05, 0.1) is 16.7 Å². The number of aromatic nitrogens is 1. The topological polar surface area (TPSA) is 62.5 Å². The molecule has 0 aliphatic rings. The van der Waals surface area contributed by atoms with Crippen molar-refractivity contribution in [1.82, 2.24) is 15.6 Å². The fraction of sp³-hybridized carbons (Fsp3) is 0.500. The summed E-state index contributed by atoms with van der Waals surface area (Å²) in [5.41, 5.74) is 1.13. The summed E-state index contributed by atoms with van der Waals surface area (Å²) in [6.45, 7) is 8.94. The Kier molecular flexibility index (Phi) is 8.04. The number of guanidine groups is 1. The van der Waals surface area contributed by atoms with Crippen LogP contribution in [0.1, 0.15) is 40.1 Å². The van der Waals surface area contributed by atoms with Gasteiger partial charge < -0.3 is 15.1 Å². The summed E-state index contributed by atoms with van der Waals surface area (Å²) in [4.78, 5) is 10.0. The van der Waals surface area contributed by atoms with Crippen LogP contribution in [0.5, 0.6) is 0 Å². The number of hydrogen-bond acceptors (Lipinski definition) is 4. The van der Waals surface area contributed by atoms with Crippen LogP contribution in [0.4, 0.5) is 0 Å². The van der Waals surface area contributed by atoms with Crippen LogP contribution in [0, 0.1) is 20.8 Å². The van der Waals surface area contributed by atoms with Crippen LogP contribution in [0.25, 0.3) is 0 Å². The summed E-state index contributed by atoms with van der Waals surface area (Å²) in [6.07, 6.45) is 0.951. The van der Waals surface area contributed by atoms with Crippen molar-refractivity contribution in [2.45, 2.75) is 40.2 Å². The quantitative estimate of drug-likeness (QED) is 0.416. The van der Waals surface area contributed by atoms with Crippen molar-refractivity contribution in [3.8, 4) is 0 Å². The smallest absolute Gasteiger partial charge is 0.191 e. The molecule has 0 fully saturated rings. The Morgan fingerprint density at radius 1 is 1.35 bits per heavy atom. The van der Waals surface area contributed by atoms with E-state index in [-0.39, 0.29) is 30.0 Å². The molecule has 0 spiro atoms. The molecule has 0 aliphatic carbocycles. The molecule has 0 aromatic carbocycles. The molecule has 1 unspecified atom stereocenters. The SMILES string of the molecule is CN=C(NCCc1sc(C)nc1C)NC(C)c1ccc(C)o1.I. The summed E-state index contributed by atoms with van der Waals surface area (Å²) in [5.74, 6) is 2.61. The number of halogens is 1.